The summed E-state index contributed by atoms with van der Waals surface area (Å²) in [5.74, 6) is -0.151. The van der Waals surface area contributed by atoms with E-state index < -0.39 is 0 Å². The Balaban J connectivity index is 1.38. The van der Waals surface area contributed by atoms with E-state index in [4.69, 9.17) is 9.47 Å². The van der Waals surface area contributed by atoms with Gasteiger partial charge in [-0.3, -0.25) is 9.69 Å². The van der Waals surface area contributed by atoms with E-state index >= 15 is 0 Å². The summed E-state index contributed by atoms with van der Waals surface area (Å²) in [6.07, 6.45) is 10.6. The van der Waals surface area contributed by atoms with Crippen LogP contribution in [-0.2, 0) is 14.3 Å². The molecular formula is C17H30N2O3. The quantitative estimate of drug-likeness (QED) is 0.867. The number of nitrogens with zero attached hydrogens (tertiary/aromatic N) is 1. The van der Waals surface area contributed by atoms with Crippen molar-refractivity contribution in [1.29, 1.82) is 0 Å². The van der Waals surface area contributed by atoms with Crippen molar-refractivity contribution in [3.8, 4) is 0 Å². The number of carbonyl (C=O) groups is 1. The Morgan fingerprint density at radius 2 is 1.59 bits per heavy atom. The van der Waals surface area contributed by atoms with Crippen molar-refractivity contribution < 1.29 is 14.3 Å². The molecule has 2 saturated heterocycles. The molecule has 22 heavy (non-hydrogen) atoms. The molecule has 0 radical (unpaired) electrons. The minimum absolute atomic E-state index is 0.190. The van der Waals surface area contributed by atoms with Gasteiger partial charge in [0.05, 0.1) is 19.8 Å². The van der Waals surface area contributed by atoms with Crippen LogP contribution in [0.2, 0.25) is 0 Å². The highest BCUT2D eigenvalue weighted by Crippen LogP contribution is 2.31. The van der Waals surface area contributed by atoms with Crippen LogP contribution < -0.4 is 5.32 Å². The van der Waals surface area contributed by atoms with E-state index in [1.54, 1.807) is 0 Å². The van der Waals surface area contributed by atoms with E-state index in [1.165, 1.54) is 32.1 Å². The number of nitrogens with one attached hydrogen (secondary N) is 1. The standard InChI is InChI=1S/C17H30N2O3/c20-16(18-15-6-4-2-1-3-5-7-15)14-19-10-8-17(9-11-19)21-12-13-22-17/h15H,1-14H2,(H,18,20). The van der Waals surface area contributed by atoms with Gasteiger partial charge in [-0.25, -0.2) is 0 Å². The molecule has 1 amide bonds. The predicted octanol–water partition coefficient (Wildman–Crippen LogP) is 2.05. The Hall–Kier alpha value is -0.650. The smallest absolute Gasteiger partial charge is 0.234 e. The maximum atomic E-state index is 12.3. The first-order chi connectivity index (χ1) is 10.8. The SMILES string of the molecule is O=C(CN1CCC2(CC1)OCCO2)NC1CCCCCCC1. The third kappa shape index (κ3) is 4.43. The predicted molar refractivity (Wildman–Crippen MR) is 84.6 cm³/mol. The fraction of sp³-hybridized carbons (Fsp3) is 0.941. The van der Waals surface area contributed by atoms with Gasteiger partial charge in [0, 0.05) is 32.0 Å². The fourth-order valence-corrected chi connectivity index (χ4v) is 3.91. The van der Waals surface area contributed by atoms with E-state index in [1.807, 2.05) is 0 Å². The first-order valence-corrected chi connectivity index (χ1v) is 9.05. The van der Waals surface area contributed by atoms with Crippen LogP contribution in [0.25, 0.3) is 0 Å². The second-order valence-corrected chi connectivity index (χ2v) is 6.99. The molecule has 3 fully saturated rings. The van der Waals surface area contributed by atoms with Crippen molar-refractivity contribution in [1.82, 2.24) is 10.2 Å². The normalized spacial score (nSPS) is 27.5. The second kappa shape index (κ2) is 7.75. The lowest BCUT2D eigenvalue weighted by molar-refractivity contribution is -0.185. The summed E-state index contributed by atoms with van der Waals surface area (Å²) < 4.78 is 11.5. The minimum atomic E-state index is -0.341. The molecule has 3 rings (SSSR count). The van der Waals surface area contributed by atoms with Crippen molar-refractivity contribution in [2.75, 3.05) is 32.8 Å². The molecule has 1 spiro atoms. The molecule has 5 heteroatoms. The maximum Gasteiger partial charge on any atom is 0.234 e. The molecule has 1 N–H and O–H groups in total. The van der Waals surface area contributed by atoms with Crippen LogP contribution in [0.1, 0.15) is 57.8 Å². The largest absolute Gasteiger partial charge is 0.352 e. The Bertz CT molecular complexity index is 351. The number of hydrogen-bond donors (Lipinski definition) is 1. The van der Waals surface area contributed by atoms with E-state index in [-0.39, 0.29) is 11.7 Å². The number of carbonyl (C=O) groups excluding carboxylic acids is 1. The van der Waals surface area contributed by atoms with E-state index in [9.17, 15) is 4.79 Å². The molecule has 3 aliphatic rings. The molecule has 0 aromatic heterocycles. The van der Waals surface area contributed by atoms with Crippen LogP contribution in [0.5, 0.6) is 0 Å². The highest BCUT2D eigenvalue weighted by Gasteiger charge is 2.39. The molecule has 0 bridgehead atoms. The van der Waals surface area contributed by atoms with Crippen LogP contribution in [0.15, 0.2) is 0 Å². The van der Waals surface area contributed by atoms with Gasteiger partial charge in [-0.1, -0.05) is 32.1 Å². The fourth-order valence-electron chi connectivity index (χ4n) is 3.91. The Kier molecular flexibility index (Phi) is 5.71. The molecule has 1 saturated carbocycles. The molecule has 0 atom stereocenters. The van der Waals surface area contributed by atoms with Gasteiger partial charge in [0.1, 0.15) is 0 Å². The van der Waals surface area contributed by atoms with Gasteiger partial charge < -0.3 is 14.8 Å². The first kappa shape index (κ1) is 16.2. The average molecular weight is 310 g/mol. The highest BCUT2D eigenvalue weighted by atomic mass is 16.7. The van der Waals surface area contributed by atoms with Crippen molar-refractivity contribution >= 4 is 5.91 Å². The van der Waals surface area contributed by atoms with Gasteiger partial charge >= 0.3 is 0 Å². The second-order valence-electron chi connectivity index (χ2n) is 6.99. The zero-order chi connectivity index (χ0) is 15.3. The van der Waals surface area contributed by atoms with Crippen LogP contribution in [0, 0.1) is 0 Å². The summed E-state index contributed by atoms with van der Waals surface area (Å²) in [4.78, 5) is 14.5. The maximum absolute atomic E-state index is 12.3. The molecule has 2 aliphatic heterocycles. The summed E-state index contributed by atoms with van der Waals surface area (Å²) in [5.41, 5.74) is 0. The van der Waals surface area contributed by atoms with Gasteiger partial charge in [0.15, 0.2) is 5.79 Å². The number of piperidine rings is 1. The molecule has 1 aliphatic carbocycles. The van der Waals surface area contributed by atoms with Crippen LogP contribution >= 0.6 is 0 Å². The molecule has 0 aromatic rings. The van der Waals surface area contributed by atoms with Crippen LogP contribution in [0.3, 0.4) is 0 Å². The lowest BCUT2D eigenvalue weighted by Gasteiger charge is -2.37. The summed E-state index contributed by atoms with van der Waals surface area (Å²) in [6.45, 7) is 3.72. The summed E-state index contributed by atoms with van der Waals surface area (Å²) in [7, 11) is 0. The average Bonchev–Trinajstić information content (AvgIpc) is 2.93. The van der Waals surface area contributed by atoms with Crippen molar-refractivity contribution in [2.24, 2.45) is 0 Å². The number of rotatable bonds is 3. The Labute approximate surface area is 133 Å². The van der Waals surface area contributed by atoms with Crippen molar-refractivity contribution in [3.63, 3.8) is 0 Å². The summed E-state index contributed by atoms with van der Waals surface area (Å²) in [6, 6.07) is 0.394. The molecule has 0 aromatic carbocycles. The zero-order valence-electron chi connectivity index (χ0n) is 13.6. The first-order valence-electron chi connectivity index (χ1n) is 9.05. The zero-order valence-corrected chi connectivity index (χ0v) is 13.6. The number of likely N-dealkylation sites (tertiary alicyclic amines) is 1. The van der Waals surface area contributed by atoms with E-state index in [0.29, 0.717) is 25.8 Å². The number of ether oxygens (including phenoxy) is 2. The van der Waals surface area contributed by atoms with Gasteiger partial charge in [-0.05, 0) is 12.8 Å². The Morgan fingerprint density at radius 3 is 2.23 bits per heavy atom. The molecule has 5 nitrogen and oxygen atoms in total. The molecular weight excluding hydrogens is 280 g/mol. The molecule has 0 unspecified atom stereocenters. The third-order valence-electron chi connectivity index (χ3n) is 5.27. The van der Waals surface area contributed by atoms with Gasteiger partial charge in [-0.15, -0.1) is 0 Å². The number of hydrogen-bond acceptors (Lipinski definition) is 4. The van der Waals surface area contributed by atoms with E-state index in [2.05, 4.69) is 10.2 Å². The number of amides is 1. The minimum Gasteiger partial charge on any atom is -0.352 e. The van der Waals surface area contributed by atoms with Crippen molar-refractivity contribution in [3.05, 3.63) is 0 Å². The van der Waals surface area contributed by atoms with Crippen LogP contribution in [-0.4, -0.2) is 55.5 Å². The van der Waals surface area contributed by atoms with Gasteiger partial charge in [0.2, 0.25) is 5.91 Å². The Morgan fingerprint density at radius 1 is 1.00 bits per heavy atom. The highest BCUT2D eigenvalue weighted by molar-refractivity contribution is 5.78. The van der Waals surface area contributed by atoms with Crippen LogP contribution in [0.4, 0.5) is 0 Å². The van der Waals surface area contributed by atoms with E-state index in [0.717, 1.165) is 38.8 Å². The lowest BCUT2D eigenvalue weighted by Crippen LogP contribution is -2.49. The van der Waals surface area contributed by atoms with Gasteiger partial charge in [0.25, 0.3) is 0 Å². The monoisotopic (exact) mass is 310 g/mol. The van der Waals surface area contributed by atoms with Crippen molar-refractivity contribution in [2.45, 2.75) is 69.6 Å². The molecule has 2 heterocycles. The topological polar surface area (TPSA) is 50.8 Å². The summed E-state index contributed by atoms with van der Waals surface area (Å²) in [5, 5.41) is 3.25. The lowest BCUT2D eigenvalue weighted by atomic mass is 9.96. The third-order valence-corrected chi connectivity index (χ3v) is 5.27. The molecule has 126 valence electrons. The van der Waals surface area contributed by atoms with Gasteiger partial charge in [-0.2, -0.15) is 0 Å². The summed E-state index contributed by atoms with van der Waals surface area (Å²) >= 11 is 0.